The van der Waals surface area contributed by atoms with Crippen molar-refractivity contribution in [3.63, 3.8) is 0 Å². The van der Waals surface area contributed by atoms with E-state index in [1.54, 1.807) is 24.3 Å². The van der Waals surface area contributed by atoms with Crippen LogP contribution in [0, 0.1) is 0 Å². The van der Waals surface area contributed by atoms with Crippen LogP contribution in [0.3, 0.4) is 0 Å². The van der Waals surface area contributed by atoms with E-state index in [1.165, 1.54) is 6.21 Å². The maximum absolute atomic E-state index is 13.0. The molecule has 1 aromatic heterocycles. The van der Waals surface area contributed by atoms with E-state index in [2.05, 4.69) is 20.7 Å². The van der Waals surface area contributed by atoms with Gasteiger partial charge in [-0.3, -0.25) is 14.5 Å². The molecule has 1 atom stereocenters. The minimum atomic E-state index is -0.329. The lowest BCUT2D eigenvalue weighted by Crippen LogP contribution is -2.50. The number of ether oxygens (including phenoxy) is 1. The summed E-state index contributed by atoms with van der Waals surface area (Å²) < 4.78 is 11.3. The van der Waals surface area contributed by atoms with E-state index >= 15 is 0 Å². The van der Waals surface area contributed by atoms with Crippen molar-refractivity contribution in [2.24, 2.45) is 5.10 Å². The zero-order valence-corrected chi connectivity index (χ0v) is 21.3. The molecule has 2 N–H and O–H groups in total. The van der Waals surface area contributed by atoms with E-state index in [1.807, 2.05) is 42.5 Å². The Hall–Kier alpha value is -3.46. The van der Waals surface area contributed by atoms with Gasteiger partial charge < -0.3 is 14.5 Å². The molecule has 2 heterocycles. The van der Waals surface area contributed by atoms with Crippen molar-refractivity contribution in [2.75, 3.05) is 32.8 Å². The summed E-state index contributed by atoms with van der Waals surface area (Å²) in [6, 6.07) is 19.8. The summed E-state index contributed by atoms with van der Waals surface area (Å²) in [6.45, 7) is 3.12. The molecule has 0 aliphatic carbocycles. The highest BCUT2D eigenvalue weighted by Gasteiger charge is 2.27. The summed E-state index contributed by atoms with van der Waals surface area (Å²) in [5.74, 6) is 0.926. The molecule has 1 aliphatic heterocycles. The molecule has 8 nitrogen and oxygen atoms in total. The lowest BCUT2D eigenvalue weighted by Gasteiger charge is -2.33. The van der Waals surface area contributed by atoms with Gasteiger partial charge in [0.15, 0.2) is 0 Å². The lowest BCUT2D eigenvalue weighted by atomic mass is 10.1. The fourth-order valence-electron chi connectivity index (χ4n) is 4.18. The third kappa shape index (κ3) is 8.01. The number of carbonyl (C=O) groups excluding carboxylic acids is 2. The zero-order chi connectivity index (χ0) is 25.9. The molecule has 1 saturated heterocycles. The van der Waals surface area contributed by atoms with Crippen molar-refractivity contribution in [2.45, 2.75) is 25.3 Å². The number of nitrogens with one attached hydrogen (secondary N) is 2. The van der Waals surface area contributed by atoms with E-state index in [4.69, 9.17) is 20.8 Å². The summed E-state index contributed by atoms with van der Waals surface area (Å²) in [4.78, 5) is 27.4. The Bertz CT molecular complexity index is 1190. The number of furan rings is 1. The monoisotopic (exact) mass is 522 g/mol. The number of hydrogen-bond acceptors (Lipinski definition) is 6. The molecule has 2 aromatic carbocycles. The molecular weight excluding hydrogens is 492 g/mol. The van der Waals surface area contributed by atoms with Crippen LogP contribution in [-0.2, 0) is 9.53 Å². The van der Waals surface area contributed by atoms with E-state index in [9.17, 15) is 9.59 Å². The number of hydrazone groups is 1. The highest BCUT2D eigenvalue weighted by Crippen LogP contribution is 2.24. The second-order valence-corrected chi connectivity index (χ2v) is 9.16. The van der Waals surface area contributed by atoms with E-state index in [0.717, 1.165) is 18.4 Å². The number of carbonyl (C=O) groups is 2. The minimum Gasteiger partial charge on any atom is -0.455 e. The molecule has 1 fully saturated rings. The summed E-state index contributed by atoms with van der Waals surface area (Å²) >= 11 is 6.06. The van der Waals surface area contributed by atoms with E-state index in [-0.39, 0.29) is 17.9 Å². The average molecular weight is 523 g/mol. The van der Waals surface area contributed by atoms with Gasteiger partial charge in [0.25, 0.3) is 11.8 Å². The molecule has 194 valence electrons. The summed E-state index contributed by atoms with van der Waals surface area (Å²) in [7, 11) is 0. The van der Waals surface area contributed by atoms with Crippen LogP contribution in [-0.4, -0.2) is 61.8 Å². The fraction of sp³-hybridized carbons (Fsp3) is 0.321. The highest BCUT2D eigenvalue weighted by molar-refractivity contribution is 6.30. The number of rotatable bonds is 11. The van der Waals surface area contributed by atoms with Gasteiger partial charge in [0.2, 0.25) is 0 Å². The van der Waals surface area contributed by atoms with Gasteiger partial charge in [-0.05, 0) is 55.7 Å². The molecule has 2 amide bonds. The first kappa shape index (κ1) is 26.6. The van der Waals surface area contributed by atoms with Gasteiger partial charge in [0, 0.05) is 35.8 Å². The Morgan fingerprint density at radius 1 is 1.03 bits per heavy atom. The third-order valence-electron chi connectivity index (χ3n) is 6.12. The first-order chi connectivity index (χ1) is 18.1. The second-order valence-electron chi connectivity index (χ2n) is 8.73. The molecule has 1 aliphatic rings. The van der Waals surface area contributed by atoms with Gasteiger partial charge in [0.1, 0.15) is 11.5 Å². The molecule has 37 heavy (non-hydrogen) atoms. The van der Waals surface area contributed by atoms with Gasteiger partial charge in [-0.2, -0.15) is 5.10 Å². The number of benzene rings is 2. The van der Waals surface area contributed by atoms with Gasteiger partial charge >= 0.3 is 0 Å². The standard InChI is InChI=1S/C28H31ClN4O4/c29-23-10-6-9-22(19-23)26-13-12-24(37-26)20-31-32-28(35)25(33-15-17-36-18-16-33)11-4-5-14-30-27(34)21-7-2-1-3-8-21/h1-3,6-10,12-13,19-20,25H,4-5,11,14-18H2,(H,30,34)(H,32,35)/b31-20+. The smallest absolute Gasteiger partial charge is 0.257 e. The Kier molecular flexibility index (Phi) is 9.88. The number of nitrogens with zero attached hydrogens (tertiary/aromatic N) is 2. The quantitative estimate of drug-likeness (QED) is 0.222. The number of halogens is 1. The van der Waals surface area contributed by atoms with Crippen molar-refractivity contribution in [3.05, 3.63) is 83.1 Å². The minimum absolute atomic E-state index is 0.0890. The van der Waals surface area contributed by atoms with Crippen molar-refractivity contribution in [1.82, 2.24) is 15.6 Å². The van der Waals surface area contributed by atoms with Crippen LogP contribution in [0.25, 0.3) is 11.3 Å². The molecule has 9 heteroatoms. The van der Waals surface area contributed by atoms with E-state index < -0.39 is 0 Å². The number of morpholine rings is 1. The molecular formula is C28H31ClN4O4. The summed E-state index contributed by atoms with van der Waals surface area (Å²) in [6.07, 6.45) is 3.70. The average Bonchev–Trinajstić information content (AvgIpc) is 3.40. The molecule has 0 spiro atoms. The van der Waals surface area contributed by atoms with E-state index in [0.29, 0.717) is 61.4 Å². The number of unbranched alkanes of at least 4 members (excludes halogenated alkanes) is 1. The second kappa shape index (κ2) is 13.7. The van der Waals surface area contributed by atoms with Crippen LogP contribution in [0.2, 0.25) is 5.02 Å². The number of hydrogen-bond donors (Lipinski definition) is 2. The molecule has 4 rings (SSSR count). The van der Waals surface area contributed by atoms with Crippen LogP contribution in [0.5, 0.6) is 0 Å². The lowest BCUT2D eigenvalue weighted by molar-refractivity contribution is -0.128. The Labute approximate surface area is 221 Å². The maximum atomic E-state index is 13.0. The van der Waals surface area contributed by atoms with Crippen LogP contribution in [0.1, 0.15) is 35.4 Å². The third-order valence-corrected chi connectivity index (χ3v) is 6.35. The summed E-state index contributed by atoms with van der Waals surface area (Å²) in [5, 5.41) is 7.69. The normalized spacial score (nSPS) is 14.9. The fourth-order valence-corrected chi connectivity index (χ4v) is 4.37. The van der Waals surface area contributed by atoms with Crippen LogP contribution in [0.4, 0.5) is 0 Å². The van der Waals surface area contributed by atoms with Gasteiger partial charge in [-0.25, -0.2) is 5.43 Å². The van der Waals surface area contributed by atoms with Crippen molar-refractivity contribution < 1.29 is 18.7 Å². The van der Waals surface area contributed by atoms with Crippen LogP contribution >= 0.6 is 11.6 Å². The van der Waals surface area contributed by atoms with Gasteiger partial charge in [0.05, 0.1) is 25.5 Å². The van der Waals surface area contributed by atoms with Crippen LogP contribution in [0.15, 0.2) is 76.2 Å². The topological polar surface area (TPSA) is 96.2 Å². The first-order valence-electron chi connectivity index (χ1n) is 12.4. The first-order valence-corrected chi connectivity index (χ1v) is 12.8. The number of amides is 2. The molecule has 0 saturated carbocycles. The van der Waals surface area contributed by atoms with Crippen molar-refractivity contribution in [1.29, 1.82) is 0 Å². The molecule has 1 unspecified atom stereocenters. The Morgan fingerprint density at radius 2 is 1.84 bits per heavy atom. The Balaban J connectivity index is 1.27. The van der Waals surface area contributed by atoms with Crippen molar-refractivity contribution >= 4 is 29.6 Å². The largest absolute Gasteiger partial charge is 0.455 e. The van der Waals surface area contributed by atoms with Gasteiger partial charge in [-0.15, -0.1) is 0 Å². The maximum Gasteiger partial charge on any atom is 0.257 e. The van der Waals surface area contributed by atoms with Gasteiger partial charge in [-0.1, -0.05) is 41.9 Å². The molecule has 0 radical (unpaired) electrons. The molecule has 3 aromatic rings. The molecule has 0 bridgehead atoms. The zero-order valence-electron chi connectivity index (χ0n) is 20.6. The predicted octanol–water partition coefficient (Wildman–Crippen LogP) is 4.35. The highest BCUT2D eigenvalue weighted by atomic mass is 35.5. The predicted molar refractivity (Wildman–Crippen MR) is 144 cm³/mol. The van der Waals surface area contributed by atoms with Crippen molar-refractivity contribution in [3.8, 4) is 11.3 Å². The SMILES string of the molecule is O=C(NCCCCC(C(=O)N/N=C/c1ccc(-c2cccc(Cl)c2)o1)N1CCOCC1)c1ccccc1. The Morgan fingerprint density at radius 3 is 2.62 bits per heavy atom. The van der Waals surface area contributed by atoms with Crippen LogP contribution < -0.4 is 10.7 Å². The summed E-state index contributed by atoms with van der Waals surface area (Å²) in [5.41, 5.74) is 4.17.